The minimum atomic E-state index is -1.46. The first kappa shape index (κ1) is 19.8. The van der Waals surface area contributed by atoms with Gasteiger partial charge in [-0.15, -0.1) is 0 Å². The lowest BCUT2D eigenvalue weighted by molar-refractivity contribution is -0.142. The highest BCUT2D eigenvalue weighted by atomic mass is 16.5. The maximum Gasteiger partial charge on any atom is 0.334 e. The molecule has 0 spiro atoms. The highest BCUT2D eigenvalue weighted by Crippen LogP contribution is 2.33. The number of Topliss-reactive ketones (excluding diaryl/α,β-unsaturated/α-hetero) is 2. The van der Waals surface area contributed by atoms with Gasteiger partial charge in [0.2, 0.25) is 5.78 Å². The van der Waals surface area contributed by atoms with E-state index >= 15 is 0 Å². The van der Waals surface area contributed by atoms with Crippen molar-refractivity contribution in [2.45, 2.75) is 45.8 Å². The number of allylic oxidation sites excluding steroid dienone is 1. The number of carbonyl (C=O) groups is 3. The maximum atomic E-state index is 12.7. The normalized spacial score (nSPS) is 33.1. The zero-order valence-electron chi connectivity index (χ0n) is 15.2. The number of ether oxygens (including phenoxy) is 1. The van der Waals surface area contributed by atoms with Crippen LogP contribution in [0.1, 0.15) is 33.6 Å². The van der Waals surface area contributed by atoms with Crippen molar-refractivity contribution in [1.82, 2.24) is 0 Å². The number of fused-ring (bicyclic) bond motifs is 1. The van der Waals surface area contributed by atoms with Crippen LogP contribution in [-0.4, -0.2) is 40.0 Å². The van der Waals surface area contributed by atoms with Gasteiger partial charge in [0.05, 0.1) is 5.92 Å². The first-order valence-corrected chi connectivity index (χ1v) is 8.45. The molecule has 0 fully saturated rings. The Hall–Kier alpha value is -2.47. The molecule has 140 valence electrons. The molecule has 1 aliphatic carbocycles. The number of rotatable bonds is 2. The summed E-state index contributed by atoms with van der Waals surface area (Å²) in [5, 5.41) is 20.8. The number of aliphatic hydroxyl groups excluding tert-OH is 2. The van der Waals surface area contributed by atoms with Crippen molar-refractivity contribution in [2.75, 3.05) is 0 Å². The smallest absolute Gasteiger partial charge is 0.334 e. The van der Waals surface area contributed by atoms with Crippen molar-refractivity contribution < 1.29 is 29.3 Å². The van der Waals surface area contributed by atoms with Gasteiger partial charge in [0, 0.05) is 17.1 Å². The van der Waals surface area contributed by atoms with Crippen LogP contribution in [0.15, 0.2) is 47.3 Å². The van der Waals surface area contributed by atoms with E-state index in [-0.39, 0.29) is 12.0 Å². The van der Waals surface area contributed by atoms with Gasteiger partial charge in [-0.2, -0.15) is 0 Å². The van der Waals surface area contributed by atoms with Crippen molar-refractivity contribution in [3.8, 4) is 0 Å². The molecule has 6 nitrogen and oxygen atoms in total. The van der Waals surface area contributed by atoms with Gasteiger partial charge in [-0.25, -0.2) is 4.79 Å². The van der Waals surface area contributed by atoms with Crippen molar-refractivity contribution >= 4 is 17.5 Å². The number of hydrogen-bond donors (Lipinski definition) is 2. The quantitative estimate of drug-likeness (QED) is 0.579. The molecule has 26 heavy (non-hydrogen) atoms. The molecule has 2 aliphatic rings. The van der Waals surface area contributed by atoms with Crippen molar-refractivity contribution in [3.05, 3.63) is 47.3 Å². The SMILES string of the molecule is C=C(C)[C@H]1C(=O)/C(O)=C(/C)C(=O)[C@@H](O)[C@H](C(=C)C)CCC2=C[C@H]1OC2=O. The molecule has 4 atom stereocenters. The first-order chi connectivity index (χ1) is 12.1. The third-order valence-electron chi connectivity index (χ3n) is 4.98. The van der Waals surface area contributed by atoms with Gasteiger partial charge < -0.3 is 14.9 Å². The van der Waals surface area contributed by atoms with E-state index in [2.05, 4.69) is 13.2 Å². The standard InChI is InChI=1S/C20H24O6/c1-9(2)13-7-6-12-8-14(26-20(12)25)15(10(3)4)19(24)17(22)11(5)16(21)18(13)23/h8,13-15,18,22-23H,1,3,6-7H2,2,4-5H3/b17-11+/t13-,14+,15+,18-/m0/s1. The van der Waals surface area contributed by atoms with E-state index in [0.717, 1.165) is 0 Å². The molecule has 0 amide bonds. The zero-order valence-corrected chi connectivity index (χ0v) is 15.2. The van der Waals surface area contributed by atoms with Crippen LogP contribution in [-0.2, 0) is 19.1 Å². The molecule has 0 aromatic heterocycles. The Kier molecular flexibility index (Phi) is 5.66. The fraction of sp³-hybridized carbons (Fsp3) is 0.450. The maximum absolute atomic E-state index is 12.7. The Morgan fingerprint density at radius 3 is 2.31 bits per heavy atom. The monoisotopic (exact) mass is 360 g/mol. The van der Waals surface area contributed by atoms with Gasteiger partial charge in [0.25, 0.3) is 0 Å². The van der Waals surface area contributed by atoms with Crippen molar-refractivity contribution in [1.29, 1.82) is 0 Å². The molecule has 1 aliphatic heterocycles. The third-order valence-corrected chi connectivity index (χ3v) is 4.98. The highest BCUT2D eigenvalue weighted by Gasteiger charge is 2.40. The molecular weight excluding hydrogens is 336 g/mol. The summed E-state index contributed by atoms with van der Waals surface area (Å²) in [7, 11) is 0. The molecule has 0 saturated heterocycles. The molecule has 0 aromatic carbocycles. The predicted octanol–water partition coefficient (Wildman–Crippen LogP) is 2.35. The summed E-state index contributed by atoms with van der Waals surface area (Å²) in [6, 6.07) is 0. The zero-order chi connectivity index (χ0) is 19.8. The number of aliphatic hydroxyl groups is 2. The van der Waals surface area contributed by atoms with Crippen LogP contribution >= 0.6 is 0 Å². The Bertz CT molecular complexity index is 754. The van der Waals surface area contributed by atoms with Crippen LogP contribution < -0.4 is 0 Å². The molecule has 0 radical (unpaired) electrons. The van der Waals surface area contributed by atoms with Gasteiger partial charge >= 0.3 is 5.97 Å². The van der Waals surface area contributed by atoms with E-state index in [4.69, 9.17) is 4.74 Å². The van der Waals surface area contributed by atoms with E-state index < -0.39 is 47.3 Å². The predicted molar refractivity (Wildman–Crippen MR) is 95.2 cm³/mol. The van der Waals surface area contributed by atoms with Crippen LogP contribution in [0.4, 0.5) is 0 Å². The Morgan fingerprint density at radius 2 is 1.77 bits per heavy atom. The van der Waals surface area contributed by atoms with E-state index in [9.17, 15) is 24.6 Å². The molecule has 1 heterocycles. The van der Waals surface area contributed by atoms with Crippen LogP contribution in [0.25, 0.3) is 0 Å². The average Bonchev–Trinajstić information content (AvgIpc) is 2.91. The van der Waals surface area contributed by atoms with Gasteiger partial charge in [-0.3, -0.25) is 9.59 Å². The summed E-state index contributed by atoms with van der Waals surface area (Å²) in [4.78, 5) is 37.4. The van der Waals surface area contributed by atoms with E-state index in [1.54, 1.807) is 19.9 Å². The Balaban J connectivity index is 2.58. The van der Waals surface area contributed by atoms with Crippen LogP contribution in [0.5, 0.6) is 0 Å². The fourth-order valence-electron chi connectivity index (χ4n) is 3.34. The Labute approximate surface area is 152 Å². The van der Waals surface area contributed by atoms with Crippen molar-refractivity contribution in [3.63, 3.8) is 0 Å². The summed E-state index contributed by atoms with van der Waals surface area (Å²) in [5.41, 5.74) is 1.12. The topological polar surface area (TPSA) is 101 Å². The molecule has 2 N–H and O–H groups in total. The highest BCUT2D eigenvalue weighted by molar-refractivity contribution is 6.08. The minimum absolute atomic E-state index is 0.228. The largest absolute Gasteiger partial charge is 0.504 e. The van der Waals surface area contributed by atoms with E-state index in [1.165, 1.54) is 6.92 Å². The molecule has 6 heteroatoms. The molecule has 0 unspecified atom stereocenters. The van der Waals surface area contributed by atoms with Crippen LogP contribution in [0.3, 0.4) is 0 Å². The van der Waals surface area contributed by atoms with Gasteiger partial charge in [0.15, 0.2) is 11.5 Å². The van der Waals surface area contributed by atoms with Crippen molar-refractivity contribution in [2.24, 2.45) is 11.8 Å². The first-order valence-electron chi connectivity index (χ1n) is 8.45. The lowest BCUT2D eigenvalue weighted by atomic mass is 9.82. The third kappa shape index (κ3) is 3.55. The van der Waals surface area contributed by atoms with Crippen LogP contribution in [0, 0.1) is 11.8 Å². The number of carbonyl (C=O) groups excluding carboxylic acids is 3. The molecule has 0 saturated carbocycles. The van der Waals surface area contributed by atoms with E-state index in [0.29, 0.717) is 23.1 Å². The molecule has 2 bridgehead atoms. The van der Waals surface area contributed by atoms with Gasteiger partial charge in [-0.05, 0) is 39.7 Å². The minimum Gasteiger partial charge on any atom is -0.504 e. The fourth-order valence-corrected chi connectivity index (χ4v) is 3.34. The second-order valence-corrected chi connectivity index (χ2v) is 7.02. The number of esters is 1. The lowest BCUT2D eigenvalue weighted by Crippen LogP contribution is -2.34. The number of ketones is 2. The van der Waals surface area contributed by atoms with Crippen LogP contribution in [0.2, 0.25) is 0 Å². The second kappa shape index (κ2) is 7.41. The summed E-state index contributed by atoms with van der Waals surface area (Å²) in [6.07, 6.45) is -0.175. The molecular formula is C20H24O6. The second-order valence-electron chi connectivity index (χ2n) is 7.02. The summed E-state index contributed by atoms with van der Waals surface area (Å²) >= 11 is 0. The lowest BCUT2D eigenvalue weighted by Gasteiger charge is -2.24. The number of hydrogen-bond acceptors (Lipinski definition) is 6. The molecule has 0 aromatic rings. The Morgan fingerprint density at radius 1 is 1.15 bits per heavy atom. The summed E-state index contributed by atoms with van der Waals surface area (Å²) < 4.78 is 5.30. The van der Waals surface area contributed by atoms with E-state index in [1.807, 2.05) is 0 Å². The molecule has 2 rings (SSSR count). The van der Waals surface area contributed by atoms with Gasteiger partial charge in [-0.1, -0.05) is 24.3 Å². The average molecular weight is 360 g/mol. The summed E-state index contributed by atoms with van der Waals surface area (Å²) in [6.45, 7) is 12.1. The van der Waals surface area contributed by atoms with Gasteiger partial charge in [0.1, 0.15) is 12.2 Å². The summed E-state index contributed by atoms with van der Waals surface area (Å²) in [5.74, 6) is -4.40.